The summed E-state index contributed by atoms with van der Waals surface area (Å²) in [6, 6.07) is 12.8. The van der Waals surface area contributed by atoms with Gasteiger partial charge in [0.05, 0.1) is 11.7 Å². The van der Waals surface area contributed by atoms with Crippen LogP contribution in [0.25, 0.3) is 0 Å². The van der Waals surface area contributed by atoms with Gasteiger partial charge in [0.1, 0.15) is 0 Å². The third-order valence-corrected chi connectivity index (χ3v) is 3.23. The lowest BCUT2D eigenvalue weighted by Gasteiger charge is -2.21. The van der Waals surface area contributed by atoms with E-state index in [1.165, 1.54) is 16.7 Å². The third kappa shape index (κ3) is 2.59. The van der Waals surface area contributed by atoms with Gasteiger partial charge in [0.2, 0.25) is 0 Å². The molecule has 0 bridgehead atoms. The van der Waals surface area contributed by atoms with Crippen LogP contribution in [0.1, 0.15) is 35.3 Å². The van der Waals surface area contributed by atoms with Crippen LogP contribution in [-0.2, 0) is 0 Å². The Kier molecular flexibility index (Phi) is 4.11. The van der Waals surface area contributed by atoms with E-state index in [0.29, 0.717) is 0 Å². The molecule has 1 heterocycles. The van der Waals surface area contributed by atoms with Gasteiger partial charge in [0, 0.05) is 6.20 Å². The van der Waals surface area contributed by atoms with Crippen molar-refractivity contribution in [1.29, 1.82) is 0 Å². The molecule has 18 heavy (non-hydrogen) atoms. The lowest BCUT2D eigenvalue weighted by Crippen LogP contribution is -2.24. The Morgan fingerprint density at radius 2 is 1.78 bits per heavy atom. The maximum Gasteiger partial charge on any atom is 0.0756 e. The lowest BCUT2D eigenvalue weighted by molar-refractivity contribution is 0.609. The van der Waals surface area contributed by atoms with Gasteiger partial charge in [-0.2, -0.15) is 0 Å². The van der Waals surface area contributed by atoms with Crippen LogP contribution < -0.4 is 5.32 Å². The van der Waals surface area contributed by atoms with E-state index in [1.807, 2.05) is 12.3 Å². The van der Waals surface area contributed by atoms with E-state index in [1.54, 1.807) is 0 Å². The second-order valence-corrected chi connectivity index (χ2v) is 4.55. The van der Waals surface area contributed by atoms with E-state index in [0.717, 1.165) is 12.2 Å². The lowest BCUT2D eigenvalue weighted by atomic mass is 9.96. The maximum atomic E-state index is 4.55. The maximum absolute atomic E-state index is 4.55. The average molecular weight is 240 g/mol. The molecule has 1 atom stereocenters. The Morgan fingerprint density at radius 3 is 2.44 bits per heavy atom. The fraction of sp³-hybridized carbons (Fsp3) is 0.312. The molecule has 0 aliphatic rings. The first-order valence-electron chi connectivity index (χ1n) is 6.44. The van der Waals surface area contributed by atoms with E-state index in [2.05, 4.69) is 61.4 Å². The van der Waals surface area contributed by atoms with Crippen molar-refractivity contribution < 1.29 is 0 Å². The van der Waals surface area contributed by atoms with Crippen LogP contribution in [0.4, 0.5) is 0 Å². The van der Waals surface area contributed by atoms with Gasteiger partial charge in [-0.25, -0.2) is 0 Å². The molecule has 0 fully saturated rings. The summed E-state index contributed by atoms with van der Waals surface area (Å²) in [6.45, 7) is 7.32. The largest absolute Gasteiger partial charge is 0.305 e. The summed E-state index contributed by atoms with van der Waals surface area (Å²) in [5.74, 6) is 0. The van der Waals surface area contributed by atoms with Crippen LogP contribution in [0.15, 0.2) is 42.6 Å². The first-order chi connectivity index (χ1) is 8.74. The van der Waals surface area contributed by atoms with Crippen LogP contribution in [0, 0.1) is 13.8 Å². The average Bonchev–Trinajstić information content (AvgIpc) is 2.38. The highest BCUT2D eigenvalue weighted by Gasteiger charge is 2.17. The zero-order valence-corrected chi connectivity index (χ0v) is 11.3. The van der Waals surface area contributed by atoms with Gasteiger partial charge in [-0.1, -0.05) is 37.3 Å². The summed E-state index contributed by atoms with van der Waals surface area (Å²) >= 11 is 0. The molecule has 0 radical (unpaired) electrons. The van der Waals surface area contributed by atoms with Crippen molar-refractivity contribution in [3.05, 3.63) is 65.0 Å². The summed E-state index contributed by atoms with van der Waals surface area (Å²) in [7, 11) is 0. The Hall–Kier alpha value is -1.67. The molecular weight excluding hydrogens is 220 g/mol. The number of hydrogen-bond donors (Lipinski definition) is 1. The van der Waals surface area contributed by atoms with Gasteiger partial charge in [-0.3, -0.25) is 4.98 Å². The summed E-state index contributed by atoms with van der Waals surface area (Å²) in [5, 5.41) is 3.53. The van der Waals surface area contributed by atoms with Crippen molar-refractivity contribution in [2.24, 2.45) is 0 Å². The quantitative estimate of drug-likeness (QED) is 0.886. The monoisotopic (exact) mass is 240 g/mol. The Labute approximate surface area is 109 Å². The number of nitrogens with one attached hydrogen (secondary N) is 1. The van der Waals surface area contributed by atoms with E-state index in [-0.39, 0.29) is 6.04 Å². The second kappa shape index (κ2) is 5.78. The summed E-state index contributed by atoms with van der Waals surface area (Å²) < 4.78 is 0. The molecule has 1 aromatic heterocycles. The van der Waals surface area contributed by atoms with Crippen molar-refractivity contribution >= 4 is 0 Å². The van der Waals surface area contributed by atoms with Crippen LogP contribution in [0.3, 0.4) is 0 Å². The van der Waals surface area contributed by atoms with Crippen molar-refractivity contribution in [3.63, 3.8) is 0 Å². The van der Waals surface area contributed by atoms with Crippen molar-refractivity contribution in [2.45, 2.75) is 26.8 Å². The third-order valence-electron chi connectivity index (χ3n) is 3.23. The Morgan fingerprint density at radius 1 is 1.06 bits per heavy atom. The zero-order chi connectivity index (χ0) is 13.0. The molecule has 2 rings (SSSR count). The van der Waals surface area contributed by atoms with Crippen LogP contribution in [0.5, 0.6) is 0 Å². The fourth-order valence-electron chi connectivity index (χ4n) is 2.27. The van der Waals surface area contributed by atoms with Crippen LogP contribution in [-0.4, -0.2) is 11.5 Å². The molecule has 1 N–H and O–H groups in total. The minimum Gasteiger partial charge on any atom is -0.305 e. The molecule has 0 aliphatic carbocycles. The van der Waals surface area contributed by atoms with Crippen LogP contribution >= 0.6 is 0 Å². The summed E-state index contributed by atoms with van der Waals surface area (Å²) in [4.78, 5) is 4.55. The van der Waals surface area contributed by atoms with Gasteiger partial charge < -0.3 is 5.32 Å². The van der Waals surface area contributed by atoms with Crippen molar-refractivity contribution in [2.75, 3.05) is 6.54 Å². The molecule has 1 aromatic carbocycles. The smallest absolute Gasteiger partial charge is 0.0756 e. The highest BCUT2D eigenvalue weighted by molar-refractivity contribution is 5.36. The number of hydrogen-bond acceptors (Lipinski definition) is 2. The number of benzene rings is 1. The van der Waals surface area contributed by atoms with Gasteiger partial charge >= 0.3 is 0 Å². The van der Waals surface area contributed by atoms with E-state index < -0.39 is 0 Å². The predicted molar refractivity (Wildman–Crippen MR) is 75.7 cm³/mol. The highest BCUT2D eigenvalue weighted by Crippen LogP contribution is 2.25. The molecule has 2 aromatic rings. The molecule has 2 heteroatoms. The molecule has 0 aliphatic heterocycles. The molecule has 0 saturated heterocycles. The minimum absolute atomic E-state index is 0.178. The van der Waals surface area contributed by atoms with E-state index in [4.69, 9.17) is 0 Å². The van der Waals surface area contributed by atoms with Gasteiger partial charge in [0.15, 0.2) is 0 Å². The fourth-order valence-corrected chi connectivity index (χ4v) is 2.27. The molecule has 1 unspecified atom stereocenters. The highest BCUT2D eigenvalue weighted by atomic mass is 14.9. The Balaban J connectivity index is 2.47. The standard InChI is InChI=1S/C16H20N2/c1-4-17-16(14-10-6-5-8-12(14)2)15-13(3)9-7-11-18-15/h5-11,16-17H,4H2,1-3H3. The van der Waals surface area contributed by atoms with Gasteiger partial charge in [-0.15, -0.1) is 0 Å². The molecule has 0 amide bonds. The normalized spacial score (nSPS) is 12.4. The number of aryl methyl sites for hydroxylation is 2. The number of rotatable bonds is 4. The van der Waals surface area contributed by atoms with Crippen molar-refractivity contribution in [1.82, 2.24) is 10.3 Å². The van der Waals surface area contributed by atoms with Gasteiger partial charge in [-0.05, 0) is 43.1 Å². The second-order valence-electron chi connectivity index (χ2n) is 4.55. The first kappa shape index (κ1) is 12.8. The SMILES string of the molecule is CCNC(c1ccccc1C)c1ncccc1C. The van der Waals surface area contributed by atoms with Crippen molar-refractivity contribution in [3.8, 4) is 0 Å². The van der Waals surface area contributed by atoms with Gasteiger partial charge in [0.25, 0.3) is 0 Å². The molecule has 94 valence electrons. The minimum atomic E-state index is 0.178. The number of aromatic nitrogens is 1. The van der Waals surface area contributed by atoms with Crippen LogP contribution in [0.2, 0.25) is 0 Å². The molecule has 2 nitrogen and oxygen atoms in total. The number of pyridine rings is 1. The predicted octanol–water partition coefficient (Wildman–Crippen LogP) is 3.40. The summed E-state index contributed by atoms with van der Waals surface area (Å²) in [5.41, 5.74) is 4.95. The zero-order valence-electron chi connectivity index (χ0n) is 11.3. The Bertz CT molecular complexity index is 475. The molecule has 0 spiro atoms. The molecular formula is C16H20N2. The number of nitrogens with zero attached hydrogens (tertiary/aromatic N) is 1. The first-order valence-corrected chi connectivity index (χ1v) is 6.44. The topological polar surface area (TPSA) is 24.9 Å². The van der Waals surface area contributed by atoms with E-state index >= 15 is 0 Å². The molecule has 0 saturated carbocycles. The summed E-state index contributed by atoms with van der Waals surface area (Å²) in [6.07, 6.45) is 1.87. The van der Waals surface area contributed by atoms with E-state index in [9.17, 15) is 0 Å².